The number of ketones is 1. The lowest BCUT2D eigenvalue weighted by Gasteiger charge is -2.37. The van der Waals surface area contributed by atoms with Crippen LogP contribution in [0.5, 0.6) is 5.75 Å². The van der Waals surface area contributed by atoms with E-state index in [4.69, 9.17) is 9.15 Å². The number of fused-ring (bicyclic) bond motifs is 3. The number of rotatable bonds is 1. The summed E-state index contributed by atoms with van der Waals surface area (Å²) in [6, 6.07) is 3.73. The number of amides is 1. The Hall–Kier alpha value is -2.30. The maximum atomic E-state index is 13.4. The summed E-state index contributed by atoms with van der Waals surface area (Å²) in [5.74, 6) is 2.05. The number of hydrogen-bond acceptors (Lipinski definition) is 4. The van der Waals surface area contributed by atoms with Crippen LogP contribution in [0.3, 0.4) is 0 Å². The Labute approximate surface area is 184 Å². The molecule has 166 valence electrons. The van der Waals surface area contributed by atoms with E-state index in [1.54, 1.807) is 0 Å². The lowest BCUT2D eigenvalue weighted by molar-refractivity contribution is 0.0301. The van der Waals surface area contributed by atoms with Crippen molar-refractivity contribution >= 4 is 22.7 Å². The van der Waals surface area contributed by atoms with Crippen molar-refractivity contribution < 1.29 is 18.7 Å². The number of carbonyl (C=O) groups is 2. The van der Waals surface area contributed by atoms with Crippen LogP contribution >= 0.6 is 0 Å². The van der Waals surface area contributed by atoms with E-state index in [0.29, 0.717) is 40.9 Å². The largest absolute Gasteiger partial charge is 0.486 e. The fraction of sp³-hybridized carbons (Fsp3) is 0.615. The minimum Gasteiger partial charge on any atom is -0.486 e. The fourth-order valence-electron chi connectivity index (χ4n) is 6.16. The van der Waals surface area contributed by atoms with E-state index in [0.717, 1.165) is 56.1 Å². The van der Waals surface area contributed by atoms with Gasteiger partial charge in [-0.2, -0.15) is 0 Å². The molecule has 0 unspecified atom stereocenters. The van der Waals surface area contributed by atoms with Crippen molar-refractivity contribution in [2.45, 2.75) is 77.7 Å². The van der Waals surface area contributed by atoms with Crippen LogP contribution in [0.2, 0.25) is 0 Å². The summed E-state index contributed by atoms with van der Waals surface area (Å²) in [5.41, 5.74) is 1.61. The third-order valence-electron chi connectivity index (χ3n) is 7.51. The second kappa shape index (κ2) is 7.68. The highest BCUT2D eigenvalue weighted by Crippen LogP contribution is 2.45. The quantitative estimate of drug-likeness (QED) is 0.571. The number of aryl methyl sites for hydroxylation is 1. The summed E-state index contributed by atoms with van der Waals surface area (Å²) in [4.78, 5) is 28.6. The highest BCUT2D eigenvalue weighted by Gasteiger charge is 2.42. The number of furan rings is 1. The number of benzene rings is 1. The molecule has 2 aliphatic heterocycles. The van der Waals surface area contributed by atoms with Crippen LogP contribution in [0.25, 0.3) is 11.0 Å². The zero-order valence-electron chi connectivity index (χ0n) is 19.0. The van der Waals surface area contributed by atoms with Crippen LogP contribution in [0.4, 0.5) is 0 Å². The van der Waals surface area contributed by atoms with E-state index in [1.807, 2.05) is 24.0 Å². The minimum absolute atomic E-state index is 0.0646. The Morgan fingerprint density at radius 2 is 1.74 bits per heavy atom. The predicted octanol–water partition coefficient (Wildman–Crippen LogP) is 5.92. The lowest BCUT2D eigenvalue weighted by Crippen LogP contribution is -2.42. The molecule has 1 saturated heterocycles. The SMILES string of the molecule is Cc1c(C(=O)N2C[C@H](C)C[C@@H](C)C2)oc2ccc3c(c12)C(=O)CC1(CCCCCC1)O3. The van der Waals surface area contributed by atoms with Gasteiger partial charge in [0.25, 0.3) is 5.91 Å². The van der Waals surface area contributed by atoms with Crippen molar-refractivity contribution in [3.8, 4) is 5.75 Å². The highest BCUT2D eigenvalue weighted by atomic mass is 16.5. The summed E-state index contributed by atoms with van der Waals surface area (Å²) < 4.78 is 12.6. The van der Waals surface area contributed by atoms with Gasteiger partial charge in [-0.05, 0) is 63.0 Å². The van der Waals surface area contributed by atoms with Gasteiger partial charge in [-0.25, -0.2) is 0 Å². The predicted molar refractivity (Wildman–Crippen MR) is 120 cm³/mol. The molecule has 1 aromatic heterocycles. The Bertz CT molecular complexity index is 1020. The van der Waals surface area contributed by atoms with E-state index in [2.05, 4.69) is 13.8 Å². The minimum atomic E-state index is -0.357. The Morgan fingerprint density at radius 3 is 2.42 bits per heavy atom. The normalized spacial score (nSPS) is 25.9. The number of ether oxygens (including phenoxy) is 1. The van der Waals surface area contributed by atoms with Crippen LogP contribution in [-0.4, -0.2) is 35.3 Å². The van der Waals surface area contributed by atoms with Crippen molar-refractivity contribution in [1.29, 1.82) is 0 Å². The average molecular weight is 424 g/mol. The summed E-state index contributed by atoms with van der Waals surface area (Å²) >= 11 is 0. The molecule has 31 heavy (non-hydrogen) atoms. The zero-order valence-corrected chi connectivity index (χ0v) is 19.0. The number of piperidine rings is 1. The van der Waals surface area contributed by atoms with Crippen LogP contribution in [-0.2, 0) is 0 Å². The maximum absolute atomic E-state index is 13.4. The second-order valence-corrected chi connectivity index (χ2v) is 10.3. The van der Waals surface area contributed by atoms with Gasteiger partial charge in [0.15, 0.2) is 11.5 Å². The third-order valence-corrected chi connectivity index (χ3v) is 7.51. The smallest absolute Gasteiger partial charge is 0.289 e. The number of likely N-dealkylation sites (tertiary alicyclic amines) is 1. The zero-order chi connectivity index (χ0) is 21.8. The molecule has 0 N–H and O–H groups in total. The molecular weight excluding hydrogens is 390 g/mol. The molecule has 0 bridgehead atoms. The Morgan fingerprint density at radius 1 is 1.06 bits per heavy atom. The molecule has 3 aliphatic rings. The molecule has 2 aromatic rings. The van der Waals surface area contributed by atoms with Gasteiger partial charge in [-0.15, -0.1) is 0 Å². The van der Waals surface area contributed by atoms with Gasteiger partial charge in [-0.3, -0.25) is 9.59 Å². The van der Waals surface area contributed by atoms with E-state index in [1.165, 1.54) is 12.8 Å². The van der Waals surface area contributed by atoms with Crippen molar-refractivity contribution in [3.05, 3.63) is 29.0 Å². The van der Waals surface area contributed by atoms with Crippen molar-refractivity contribution in [1.82, 2.24) is 4.90 Å². The van der Waals surface area contributed by atoms with E-state index in [-0.39, 0.29) is 17.3 Å². The molecule has 1 aliphatic carbocycles. The van der Waals surface area contributed by atoms with Gasteiger partial charge < -0.3 is 14.1 Å². The molecule has 5 nitrogen and oxygen atoms in total. The molecule has 1 spiro atoms. The summed E-state index contributed by atoms with van der Waals surface area (Å²) in [6.07, 6.45) is 8.10. The number of Topliss-reactive ketones (excluding diaryl/α,β-unsaturated/α-hetero) is 1. The highest BCUT2D eigenvalue weighted by molar-refractivity contribution is 6.13. The van der Waals surface area contributed by atoms with E-state index >= 15 is 0 Å². The summed E-state index contributed by atoms with van der Waals surface area (Å²) in [7, 11) is 0. The first-order chi connectivity index (χ1) is 14.9. The molecule has 2 atom stereocenters. The van der Waals surface area contributed by atoms with E-state index < -0.39 is 0 Å². The second-order valence-electron chi connectivity index (χ2n) is 10.3. The molecule has 0 radical (unpaired) electrons. The van der Waals surface area contributed by atoms with Gasteiger partial charge in [0.1, 0.15) is 16.9 Å². The number of carbonyl (C=O) groups excluding carboxylic acids is 2. The third kappa shape index (κ3) is 3.56. The first kappa shape index (κ1) is 20.6. The Balaban J connectivity index is 1.53. The van der Waals surface area contributed by atoms with Gasteiger partial charge in [0.2, 0.25) is 0 Å². The van der Waals surface area contributed by atoms with Crippen molar-refractivity contribution in [3.63, 3.8) is 0 Å². The molecule has 1 aromatic carbocycles. The molecule has 5 rings (SSSR count). The van der Waals surface area contributed by atoms with Gasteiger partial charge in [0, 0.05) is 24.0 Å². The molecule has 1 amide bonds. The van der Waals surface area contributed by atoms with E-state index in [9.17, 15) is 9.59 Å². The topological polar surface area (TPSA) is 59.8 Å². The summed E-state index contributed by atoms with van der Waals surface area (Å²) in [6.45, 7) is 7.79. The van der Waals surface area contributed by atoms with Crippen LogP contribution in [0.1, 0.15) is 91.7 Å². The maximum Gasteiger partial charge on any atom is 0.289 e. The molecule has 5 heteroatoms. The molecule has 1 saturated carbocycles. The lowest BCUT2D eigenvalue weighted by atomic mass is 9.83. The van der Waals surface area contributed by atoms with Crippen LogP contribution < -0.4 is 4.74 Å². The number of nitrogens with zero attached hydrogens (tertiary/aromatic N) is 1. The van der Waals surface area contributed by atoms with Gasteiger partial charge >= 0.3 is 0 Å². The summed E-state index contributed by atoms with van der Waals surface area (Å²) in [5, 5.41) is 0.757. The van der Waals surface area contributed by atoms with Gasteiger partial charge in [-0.1, -0.05) is 26.7 Å². The fourth-order valence-corrected chi connectivity index (χ4v) is 6.16. The first-order valence-corrected chi connectivity index (χ1v) is 11.9. The van der Waals surface area contributed by atoms with Crippen molar-refractivity contribution in [2.75, 3.05) is 13.1 Å². The van der Waals surface area contributed by atoms with Crippen molar-refractivity contribution in [2.24, 2.45) is 11.8 Å². The monoisotopic (exact) mass is 423 g/mol. The molecular formula is C26H33NO4. The standard InChI is InChI=1S/C26H33NO4/c1-16-12-17(2)15-27(14-16)25(29)24-18(3)22-20(30-24)8-9-21-23(22)19(28)13-26(31-21)10-6-4-5-7-11-26/h8-9,16-17H,4-7,10-15H2,1-3H3/t16-,17-/m1/s1. The number of hydrogen-bond donors (Lipinski definition) is 0. The van der Waals surface area contributed by atoms with Gasteiger partial charge in [0.05, 0.1) is 12.0 Å². The van der Waals surface area contributed by atoms with Crippen LogP contribution in [0, 0.1) is 18.8 Å². The van der Waals surface area contributed by atoms with Crippen LogP contribution in [0.15, 0.2) is 16.5 Å². The average Bonchev–Trinajstić information content (AvgIpc) is 2.89. The Kier molecular flexibility index (Phi) is 5.10. The molecule has 2 fully saturated rings. The first-order valence-electron chi connectivity index (χ1n) is 11.9. The molecule has 3 heterocycles.